The molecule has 0 saturated carbocycles. The molecule has 7 nitrogen and oxygen atoms in total. The van der Waals surface area contributed by atoms with Gasteiger partial charge in [0.2, 0.25) is 0 Å². The second kappa shape index (κ2) is 5.51. The third-order valence-electron chi connectivity index (χ3n) is 1.83. The molecule has 0 aliphatic carbocycles. The summed E-state index contributed by atoms with van der Waals surface area (Å²) in [5.41, 5.74) is -0.404. The van der Waals surface area contributed by atoms with Crippen LogP contribution in [0.5, 0.6) is 0 Å². The van der Waals surface area contributed by atoms with Gasteiger partial charge in [-0.15, -0.1) is 0 Å². The van der Waals surface area contributed by atoms with Gasteiger partial charge in [-0.25, -0.2) is 4.79 Å². The lowest BCUT2D eigenvalue weighted by Crippen LogP contribution is -2.27. The van der Waals surface area contributed by atoms with Gasteiger partial charge in [0.05, 0.1) is 13.2 Å². The molecule has 0 spiro atoms. The monoisotopic (exact) mass is 252 g/mol. The van der Waals surface area contributed by atoms with Gasteiger partial charge in [0.25, 0.3) is 0 Å². The first kappa shape index (κ1) is 14.0. The highest BCUT2D eigenvalue weighted by molar-refractivity contribution is 5.85. The lowest BCUT2D eigenvalue weighted by Gasteiger charge is -2.19. The Morgan fingerprint density at radius 3 is 2.83 bits per heavy atom. The summed E-state index contributed by atoms with van der Waals surface area (Å²) >= 11 is 0. The lowest BCUT2D eigenvalue weighted by molar-refractivity contribution is 0.0635. The Balaban J connectivity index is 2.78. The maximum Gasteiger partial charge on any atom is 0.413 e. The van der Waals surface area contributed by atoms with Crippen LogP contribution >= 0.6 is 0 Å². The number of hydrogen-bond acceptors (Lipinski definition) is 5. The van der Waals surface area contributed by atoms with E-state index in [0.717, 1.165) is 0 Å². The maximum absolute atomic E-state index is 11.5. The molecule has 98 valence electrons. The van der Waals surface area contributed by atoms with Crippen molar-refractivity contribution in [1.82, 2.24) is 9.78 Å². The van der Waals surface area contributed by atoms with E-state index in [9.17, 15) is 4.79 Å². The highest BCUT2D eigenvalue weighted by atomic mass is 16.6. The fourth-order valence-corrected chi connectivity index (χ4v) is 1.21. The van der Waals surface area contributed by atoms with Crippen LogP contribution in [0.1, 0.15) is 26.3 Å². The number of aliphatic hydroxyl groups excluding tert-OH is 1. The second-order valence-corrected chi connectivity index (χ2v) is 4.62. The molecular formula is C11H16N4O3. The normalized spacial score (nSPS) is 10.8. The number of nitriles is 1. The Bertz CT molecular complexity index is 468. The molecule has 1 heterocycles. The number of carbonyl (C=O) groups excluding carboxylic acids is 1. The van der Waals surface area contributed by atoms with Crippen molar-refractivity contribution in [3.05, 3.63) is 11.8 Å². The summed E-state index contributed by atoms with van der Waals surface area (Å²) in [5.74, 6) is 0.125. The molecule has 0 aliphatic heterocycles. The number of amides is 1. The van der Waals surface area contributed by atoms with Crippen molar-refractivity contribution in [2.24, 2.45) is 0 Å². The SMILES string of the molecule is CC(C)(C)OC(=O)Nc1nn(CCO)cc1C#N. The number of hydrogen-bond donors (Lipinski definition) is 2. The molecule has 1 aromatic heterocycles. The van der Waals surface area contributed by atoms with E-state index < -0.39 is 11.7 Å². The average molecular weight is 252 g/mol. The van der Waals surface area contributed by atoms with Gasteiger partial charge >= 0.3 is 6.09 Å². The van der Waals surface area contributed by atoms with Crippen molar-refractivity contribution in [3.63, 3.8) is 0 Å². The van der Waals surface area contributed by atoms with Crippen LogP contribution in [0.2, 0.25) is 0 Å². The molecule has 18 heavy (non-hydrogen) atoms. The summed E-state index contributed by atoms with van der Waals surface area (Å²) in [6.07, 6.45) is 0.774. The van der Waals surface area contributed by atoms with E-state index >= 15 is 0 Å². The third kappa shape index (κ3) is 4.07. The molecule has 1 amide bonds. The molecule has 1 aromatic rings. The van der Waals surface area contributed by atoms with Crippen LogP contribution < -0.4 is 5.32 Å². The van der Waals surface area contributed by atoms with E-state index in [2.05, 4.69) is 10.4 Å². The van der Waals surface area contributed by atoms with Gasteiger partial charge in [-0.1, -0.05) is 0 Å². The van der Waals surface area contributed by atoms with Crippen LogP contribution in [-0.4, -0.2) is 33.2 Å². The quantitative estimate of drug-likeness (QED) is 0.838. The highest BCUT2D eigenvalue weighted by Gasteiger charge is 2.18. The second-order valence-electron chi connectivity index (χ2n) is 4.62. The van der Waals surface area contributed by atoms with E-state index in [-0.39, 0.29) is 24.5 Å². The molecule has 0 unspecified atom stereocenters. The number of aliphatic hydroxyl groups is 1. The zero-order valence-electron chi connectivity index (χ0n) is 10.6. The van der Waals surface area contributed by atoms with Crippen LogP contribution in [0, 0.1) is 11.3 Å². The van der Waals surface area contributed by atoms with Crippen molar-refractivity contribution in [2.75, 3.05) is 11.9 Å². The van der Waals surface area contributed by atoms with E-state index in [1.54, 1.807) is 20.8 Å². The lowest BCUT2D eigenvalue weighted by atomic mass is 10.2. The molecule has 7 heteroatoms. The molecule has 1 rings (SSSR count). The Morgan fingerprint density at radius 2 is 2.33 bits per heavy atom. The highest BCUT2D eigenvalue weighted by Crippen LogP contribution is 2.14. The minimum Gasteiger partial charge on any atom is -0.444 e. The van der Waals surface area contributed by atoms with Gasteiger partial charge in [0.1, 0.15) is 17.2 Å². The van der Waals surface area contributed by atoms with Gasteiger partial charge in [0, 0.05) is 6.20 Å². The van der Waals surface area contributed by atoms with Gasteiger partial charge in [0.15, 0.2) is 5.82 Å². The largest absolute Gasteiger partial charge is 0.444 e. The zero-order valence-corrected chi connectivity index (χ0v) is 10.6. The third-order valence-corrected chi connectivity index (χ3v) is 1.83. The molecule has 0 atom stereocenters. The fraction of sp³-hybridized carbons (Fsp3) is 0.545. The predicted molar refractivity (Wildman–Crippen MR) is 63.9 cm³/mol. The summed E-state index contributed by atoms with van der Waals surface area (Å²) in [6, 6.07) is 1.91. The van der Waals surface area contributed by atoms with Crippen LogP contribution in [-0.2, 0) is 11.3 Å². The molecule has 0 bridgehead atoms. The standard InChI is InChI=1S/C11H16N4O3/c1-11(2,3)18-10(17)13-9-8(6-12)7-15(14-9)4-5-16/h7,16H,4-5H2,1-3H3,(H,13,14,17). The van der Waals surface area contributed by atoms with Crippen molar-refractivity contribution in [3.8, 4) is 6.07 Å². The van der Waals surface area contributed by atoms with Gasteiger partial charge in [-0.05, 0) is 20.8 Å². The van der Waals surface area contributed by atoms with E-state index in [1.165, 1.54) is 10.9 Å². The van der Waals surface area contributed by atoms with Gasteiger partial charge in [-0.3, -0.25) is 10.00 Å². The smallest absolute Gasteiger partial charge is 0.413 e. The number of carbonyl (C=O) groups is 1. The minimum absolute atomic E-state index is 0.0988. The molecule has 0 saturated heterocycles. The van der Waals surface area contributed by atoms with Gasteiger partial charge < -0.3 is 9.84 Å². The Kier molecular flexibility index (Phi) is 4.28. The first-order valence-corrected chi connectivity index (χ1v) is 5.44. The Labute approximate surface area is 105 Å². The fourth-order valence-electron chi connectivity index (χ4n) is 1.21. The molecule has 2 N–H and O–H groups in total. The Morgan fingerprint density at radius 1 is 1.67 bits per heavy atom. The number of anilines is 1. The van der Waals surface area contributed by atoms with Crippen LogP contribution in [0.3, 0.4) is 0 Å². The van der Waals surface area contributed by atoms with Crippen molar-refractivity contribution in [2.45, 2.75) is 32.9 Å². The van der Waals surface area contributed by atoms with Crippen molar-refractivity contribution in [1.29, 1.82) is 5.26 Å². The van der Waals surface area contributed by atoms with Crippen LogP contribution in [0.4, 0.5) is 10.6 Å². The summed E-state index contributed by atoms with van der Waals surface area (Å²) in [5, 5.41) is 24.0. The predicted octanol–water partition coefficient (Wildman–Crippen LogP) is 1.09. The number of rotatable bonds is 3. The summed E-state index contributed by atoms with van der Waals surface area (Å²) in [4.78, 5) is 11.5. The molecule has 0 fully saturated rings. The van der Waals surface area contributed by atoms with E-state index in [0.29, 0.717) is 0 Å². The average Bonchev–Trinajstić information content (AvgIpc) is 2.57. The van der Waals surface area contributed by atoms with Crippen LogP contribution in [0.25, 0.3) is 0 Å². The van der Waals surface area contributed by atoms with E-state index in [1.807, 2.05) is 6.07 Å². The molecule has 0 radical (unpaired) electrons. The summed E-state index contributed by atoms with van der Waals surface area (Å²) < 4.78 is 6.43. The summed E-state index contributed by atoms with van der Waals surface area (Å²) in [6.45, 7) is 5.37. The van der Waals surface area contributed by atoms with Crippen molar-refractivity contribution < 1.29 is 14.6 Å². The topological polar surface area (TPSA) is 100 Å². The maximum atomic E-state index is 11.5. The zero-order chi connectivity index (χ0) is 13.8. The minimum atomic E-state index is -0.673. The number of aromatic nitrogens is 2. The first-order chi connectivity index (χ1) is 8.35. The van der Waals surface area contributed by atoms with Crippen molar-refractivity contribution >= 4 is 11.9 Å². The number of ether oxygens (including phenoxy) is 1. The van der Waals surface area contributed by atoms with Crippen LogP contribution in [0.15, 0.2) is 6.20 Å². The Hall–Kier alpha value is -2.07. The summed E-state index contributed by atoms with van der Waals surface area (Å²) in [7, 11) is 0. The molecular weight excluding hydrogens is 236 g/mol. The number of nitrogens with one attached hydrogen (secondary N) is 1. The van der Waals surface area contributed by atoms with Gasteiger partial charge in [-0.2, -0.15) is 10.4 Å². The van der Waals surface area contributed by atoms with E-state index in [4.69, 9.17) is 15.1 Å². The molecule has 0 aromatic carbocycles. The molecule has 0 aliphatic rings. The number of nitrogens with zero attached hydrogens (tertiary/aromatic N) is 3. The first-order valence-electron chi connectivity index (χ1n) is 5.44.